The Bertz CT molecular complexity index is 475. The predicted molar refractivity (Wildman–Crippen MR) is 65.9 cm³/mol. The monoisotopic (exact) mass is 276 g/mol. The number of carbonyl (C=O) groups is 1. The van der Waals surface area contributed by atoms with Crippen molar-refractivity contribution < 1.29 is 14.6 Å². The fourth-order valence-corrected chi connectivity index (χ4v) is 1.57. The normalized spacial score (nSPS) is 11.2. The molecule has 1 rings (SSSR count). The lowest BCUT2D eigenvalue weighted by Crippen LogP contribution is -2.18. The summed E-state index contributed by atoms with van der Waals surface area (Å²) in [5.41, 5.74) is 2.80. The molecule has 0 saturated carbocycles. The molecule has 0 heterocycles. The van der Waals surface area contributed by atoms with Crippen LogP contribution in [0.15, 0.2) is 17.2 Å². The number of ether oxygens (including phenoxy) is 1. The molecule has 0 aliphatic rings. The lowest BCUT2D eigenvalue weighted by atomic mass is 10.1. The summed E-state index contributed by atoms with van der Waals surface area (Å²) in [7, 11) is 1.22. The van der Waals surface area contributed by atoms with E-state index in [1.54, 1.807) is 6.92 Å². The van der Waals surface area contributed by atoms with Crippen LogP contribution < -0.4 is 5.43 Å². The van der Waals surface area contributed by atoms with Crippen molar-refractivity contribution in [2.75, 3.05) is 7.11 Å². The van der Waals surface area contributed by atoms with Gasteiger partial charge in [-0.15, -0.1) is 0 Å². The van der Waals surface area contributed by atoms with Crippen LogP contribution >= 0.6 is 23.2 Å². The Hall–Kier alpha value is -1.46. The lowest BCUT2D eigenvalue weighted by Gasteiger charge is -2.06. The van der Waals surface area contributed by atoms with Crippen LogP contribution in [0.3, 0.4) is 0 Å². The van der Waals surface area contributed by atoms with Gasteiger partial charge in [0, 0.05) is 10.6 Å². The van der Waals surface area contributed by atoms with E-state index in [1.165, 1.54) is 19.2 Å². The lowest BCUT2D eigenvalue weighted by molar-refractivity contribution is 0.171. The van der Waals surface area contributed by atoms with E-state index in [1.807, 2.05) is 0 Å². The third-order valence-corrected chi connectivity index (χ3v) is 2.42. The minimum absolute atomic E-state index is 0.111. The molecule has 0 atom stereocenters. The molecule has 0 radical (unpaired) electrons. The fraction of sp³-hybridized carbons (Fsp3) is 0.200. The standard InChI is InChI=1S/C10H10Cl2N2O3/c1-5(13-14-10(16)17-2)7-3-6(11)4-8(12)9(7)15/h3-4,15H,1-2H3,(H,14,16)/b13-5-. The van der Waals surface area contributed by atoms with Crippen LogP contribution in [0.2, 0.25) is 10.0 Å². The largest absolute Gasteiger partial charge is 0.506 e. The van der Waals surface area contributed by atoms with Crippen molar-refractivity contribution in [3.05, 3.63) is 27.7 Å². The molecule has 1 amide bonds. The van der Waals surface area contributed by atoms with Crippen molar-refractivity contribution >= 4 is 35.0 Å². The average molecular weight is 277 g/mol. The molecule has 0 saturated heterocycles. The van der Waals surface area contributed by atoms with Crippen LogP contribution in [0.4, 0.5) is 4.79 Å². The first-order valence-corrected chi connectivity index (χ1v) is 5.28. The van der Waals surface area contributed by atoms with E-state index in [-0.39, 0.29) is 10.8 Å². The molecular weight excluding hydrogens is 267 g/mol. The van der Waals surface area contributed by atoms with Crippen molar-refractivity contribution in [1.29, 1.82) is 0 Å². The van der Waals surface area contributed by atoms with Gasteiger partial charge in [0.05, 0.1) is 17.8 Å². The number of aromatic hydroxyl groups is 1. The molecule has 7 heteroatoms. The van der Waals surface area contributed by atoms with Gasteiger partial charge in [0.15, 0.2) is 0 Å². The smallest absolute Gasteiger partial charge is 0.427 e. The second kappa shape index (κ2) is 5.75. The number of nitrogens with zero attached hydrogens (tertiary/aromatic N) is 1. The molecule has 0 bridgehead atoms. The van der Waals surface area contributed by atoms with Crippen molar-refractivity contribution in [1.82, 2.24) is 5.43 Å². The zero-order valence-electron chi connectivity index (χ0n) is 9.12. The Balaban J connectivity index is 3.03. The highest BCUT2D eigenvalue weighted by molar-refractivity contribution is 6.36. The average Bonchev–Trinajstić information content (AvgIpc) is 2.30. The summed E-state index contributed by atoms with van der Waals surface area (Å²) < 4.78 is 4.34. The second-order valence-corrected chi connectivity index (χ2v) is 3.93. The van der Waals surface area contributed by atoms with Gasteiger partial charge >= 0.3 is 6.09 Å². The summed E-state index contributed by atoms with van der Waals surface area (Å²) in [6.07, 6.45) is -0.711. The minimum Gasteiger partial charge on any atom is -0.506 e. The molecule has 0 aliphatic heterocycles. The van der Waals surface area contributed by atoms with Gasteiger partial charge in [-0.05, 0) is 19.1 Å². The Kier molecular flexibility index (Phi) is 4.60. The number of phenols is 1. The summed E-state index contributed by atoms with van der Waals surface area (Å²) in [5.74, 6) is -0.149. The van der Waals surface area contributed by atoms with Gasteiger partial charge in [0.2, 0.25) is 0 Å². The fourth-order valence-electron chi connectivity index (χ4n) is 1.08. The van der Waals surface area contributed by atoms with Crippen molar-refractivity contribution in [3.63, 3.8) is 0 Å². The van der Waals surface area contributed by atoms with Crippen molar-refractivity contribution in [2.45, 2.75) is 6.92 Å². The summed E-state index contributed by atoms with van der Waals surface area (Å²) >= 11 is 11.5. The molecule has 0 aromatic heterocycles. The first-order chi connectivity index (χ1) is 7.95. The van der Waals surface area contributed by atoms with Crippen molar-refractivity contribution in [3.8, 4) is 5.75 Å². The third-order valence-electron chi connectivity index (χ3n) is 1.92. The number of halogens is 2. The highest BCUT2D eigenvalue weighted by Gasteiger charge is 2.11. The number of methoxy groups -OCH3 is 1. The molecule has 2 N–H and O–H groups in total. The quantitative estimate of drug-likeness (QED) is 0.645. The van der Waals surface area contributed by atoms with Gasteiger partial charge in [-0.2, -0.15) is 5.10 Å². The van der Waals surface area contributed by atoms with Gasteiger partial charge in [0.25, 0.3) is 0 Å². The molecule has 5 nitrogen and oxygen atoms in total. The first-order valence-electron chi connectivity index (χ1n) is 4.52. The van der Waals surface area contributed by atoms with E-state index in [4.69, 9.17) is 23.2 Å². The maximum absolute atomic E-state index is 10.8. The van der Waals surface area contributed by atoms with Crippen molar-refractivity contribution in [2.24, 2.45) is 5.10 Å². The maximum atomic E-state index is 10.8. The summed E-state index contributed by atoms with van der Waals surface area (Å²) in [4.78, 5) is 10.8. The van der Waals surface area contributed by atoms with Gasteiger partial charge in [-0.3, -0.25) is 0 Å². The minimum atomic E-state index is -0.711. The molecule has 92 valence electrons. The van der Waals surface area contributed by atoms with Gasteiger partial charge < -0.3 is 9.84 Å². The number of amides is 1. The molecular formula is C10H10Cl2N2O3. The summed E-state index contributed by atoms with van der Waals surface area (Å²) in [5, 5.41) is 13.9. The van der Waals surface area contributed by atoms with E-state index in [0.29, 0.717) is 16.3 Å². The second-order valence-electron chi connectivity index (χ2n) is 3.08. The zero-order valence-corrected chi connectivity index (χ0v) is 10.6. The van der Waals surface area contributed by atoms with Crippen LogP contribution in [0.25, 0.3) is 0 Å². The van der Waals surface area contributed by atoms with Crippen LogP contribution in [0.5, 0.6) is 5.75 Å². The first kappa shape index (κ1) is 13.6. The van der Waals surface area contributed by atoms with Gasteiger partial charge in [-0.25, -0.2) is 10.2 Å². The molecule has 17 heavy (non-hydrogen) atoms. The Morgan fingerprint density at radius 3 is 2.71 bits per heavy atom. The van der Waals surface area contributed by atoms with E-state index in [2.05, 4.69) is 15.3 Å². The summed E-state index contributed by atoms with van der Waals surface area (Å²) in [6.45, 7) is 1.58. The Morgan fingerprint density at radius 2 is 2.12 bits per heavy atom. The summed E-state index contributed by atoms with van der Waals surface area (Å²) in [6, 6.07) is 2.89. The number of hydrogen-bond acceptors (Lipinski definition) is 4. The van der Waals surface area contributed by atoms with E-state index in [0.717, 1.165) is 0 Å². The topological polar surface area (TPSA) is 70.9 Å². The highest BCUT2D eigenvalue weighted by Crippen LogP contribution is 2.31. The van der Waals surface area contributed by atoms with Crippen LogP contribution in [-0.2, 0) is 4.74 Å². The van der Waals surface area contributed by atoms with Crippen LogP contribution in [-0.4, -0.2) is 24.0 Å². The molecule has 1 aromatic carbocycles. The number of hydrazone groups is 1. The Morgan fingerprint density at radius 1 is 1.47 bits per heavy atom. The van der Waals surface area contributed by atoms with E-state index >= 15 is 0 Å². The third kappa shape index (κ3) is 3.51. The zero-order chi connectivity index (χ0) is 13.0. The van der Waals surface area contributed by atoms with Crippen LogP contribution in [0.1, 0.15) is 12.5 Å². The number of carbonyl (C=O) groups excluding carboxylic acids is 1. The van der Waals surface area contributed by atoms with Gasteiger partial charge in [0.1, 0.15) is 5.75 Å². The number of nitrogens with one attached hydrogen (secondary N) is 1. The number of phenolic OH excluding ortho intramolecular Hbond substituents is 1. The number of rotatable bonds is 2. The number of benzene rings is 1. The van der Waals surface area contributed by atoms with E-state index < -0.39 is 6.09 Å². The SMILES string of the molecule is COC(=O)N/N=C(/C)c1cc(Cl)cc(Cl)c1O. The van der Waals surface area contributed by atoms with Crippen LogP contribution in [0, 0.1) is 0 Å². The van der Waals surface area contributed by atoms with Gasteiger partial charge in [-0.1, -0.05) is 23.2 Å². The highest BCUT2D eigenvalue weighted by atomic mass is 35.5. The van der Waals surface area contributed by atoms with E-state index in [9.17, 15) is 9.90 Å². The predicted octanol–water partition coefficient (Wildman–Crippen LogP) is 2.78. The molecule has 0 spiro atoms. The molecule has 1 aromatic rings. The number of hydrogen-bond donors (Lipinski definition) is 2. The molecule has 0 unspecified atom stereocenters. The molecule has 0 fully saturated rings. The maximum Gasteiger partial charge on any atom is 0.427 e. The Labute approximate surface area is 108 Å². The molecule has 0 aliphatic carbocycles.